The first-order valence-corrected chi connectivity index (χ1v) is 8.44. The van der Waals surface area contributed by atoms with Crippen molar-refractivity contribution in [1.29, 1.82) is 0 Å². The van der Waals surface area contributed by atoms with E-state index in [0.29, 0.717) is 17.1 Å². The van der Waals surface area contributed by atoms with Gasteiger partial charge in [-0.25, -0.2) is 0 Å². The molecule has 3 aromatic rings. The van der Waals surface area contributed by atoms with E-state index in [-0.39, 0.29) is 5.78 Å². The van der Waals surface area contributed by atoms with Gasteiger partial charge in [-0.2, -0.15) is 0 Å². The van der Waals surface area contributed by atoms with E-state index in [4.69, 9.17) is 14.2 Å². The van der Waals surface area contributed by atoms with Crippen LogP contribution in [0.1, 0.15) is 21.5 Å². The number of carbonyl (C=O) groups excluding carboxylic acids is 1. The van der Waals surface area contributed by atoms with Gasteiger partial charge in [-0.3, -0.25) is 4.79 Å². The van der Waals surface area contributed by atoms with Crippen LogP contribution in [0.4, 0.5) is 0 Å². The van der Waals surface area contributed by atoms with Crippen molar-refractivity contribution >= 4 is 5.78 Å². The van der Waals surface area contributed by atoms with Crippen LogP contribution in [0.15, 0.2) is 78.9 Å². The van der Waals surface area contributed by atoms with E-state index < -0.39 is 11.4 Å². The highest BCUT2D eigenvalue weighted by atomic mass is 16.8. The first-order valence-electron chi connectivity index (χ1n) is 8.44. The van der Waals surface area contributed by atoms with Gasteiger partial charge < -0.3 is 14.2 Å². The Balaban J connectivity index is 1.75. The number of ketones is 1. The third kappa shape index (κ3) is 1.79. The normalized spacial score (nSPS) is 25.7. The summed E-state index contributed by atoms with van der Waals surface area (Å²) in [6, 6.07) is 24.3. The molecule has 5 rings (SSSR count). The molecule has 0 saturated carbocycles. The predicted octanol–water partition coefficient (Wildman–Crippen LogP) is 4.05. The number of epoxide rings is 1. The maximum absolute atomic E-state index is 13.5. The summed E-state index contributed by atoms with van der Waals surface area (Å²) >= 11 is 0. The number of rotatable bonds is 3. The van der Waals surface area contributed by atoms with E-state index in [9.17, 15) is 4.79 Å². The van der Waals surface area contributed by atoms with Crippen LogP contribution in [0, 0.1) is 0 Å². The zero-order valence-corrected chi connectivity index (χ0v) is 14.1. The zero-order chi connectivity index (χ0) is 17.8. The van der Waals surface area contributed by atoms with Gasteiger partial charge in [0.05, 0.1) is 12.7 Å². The molecule has 0 amide bonds. The summed E-state index contributed by atoms with van der Waals surface area (Å²) in [4.78, 5) is 13.5. The Morgan fingerprint density at radius 1 is 0.846 bits per heavy atom. The number of carbonyl (C=O) groups is 1. The minimum absolute atomic E-state index is 0.101. The van der Waals surface area contributed by atoms with Crippen LogP contribution in [0.3, 0.4) is 0 Å². The van der Waals surface area contributed by atoms with Crippen molar-refractivity contribution in [2.45, 2.75) is 11.4 Å². The molecule has 0 bridgehead atoms. The van der Waals surface area contributed by atoms with Gasteiger partial charge in [0, 0.05) is 11.6 Å². The van der Waals surface area contributed by atoms with Crippen LogP contribution in [0.2, 0.25) is 0 Å². The number of benzene rings is 3. The summed E-state index contributed by atoms with van der Waals surface area (Å²) in [5.74, 6) is -0.155. The van der Waals surface area contributed by atoms with Crippen molar-refractivity contribution in [3.05, 3.63) is 95.6 Å². The molecule has 2 heterocycles. The molecule has 0 aromatic heterocycles. The lowest BCUT2D eigenvalue weighted by Crippen LogP contribution is -2.38. The monoisotopic (exact) mass is 344 g/mol. The molecular formula is C22H16O4. The van der Waals surface area contributed by atoms with E-state index in [1.807, 2.05) is 60.7 Å². The third-order valence-electron chi connectivity index (χ3n) is 5.06. The smallest absolute Gasteiger partial charge is 0.280 e. The molecule has 4 nitrogen and oxygen atoms in total. The van der Waals surface area contributed by atoms with Crippen molar-refractivity contribution in [2.75, 3.05) is 7.11 Å². The van der Waals surface area contributed by atoms with Crippen LogP contribution in [0.25, 0.3) is 0 Å². The van der Waals surface area contributed by atoms with Gasteiger partial charge in [-0.05, 0) is 17.7 Å². The largest absolute Gasteiger partial charge is 0.497 e. The summed E-state index contributed by atoms with van der Waals surface area (Å²) in [6.45, 7) is 0. The van der Waals surface area contributed by atoms with Crippen molar-refractivity contribution in [3.63, 3.8) is 0 Å². The van der Waals surface area contributed by atoms with E-state index in [1.165, 1.54) is 0 Å². The van der Waals surface area contributed by atoms with Crippen LogP contribution in [-0.4, -0.2) is 12.9 Å². The topological polar surface area (TPSA) is 48.1 Å². The lowest BCUT2D eigenvalue weighted by Gasteiger charge is -2.27. The highest BCUT2D eigenvalue weighted by Crippen LogP contribution is 2.67. The molecule has 1 saturated heterocycles. The Morgan fingerprint density at radius 3 is 2.15 bits per heavy atom. The van der Waals surface area contributed by atoms with Gasteiger partial charge in [-0.15, -0.1) is 0 Å². The fourth-order valence-electron chi connectivity index (χ4n) is 3.76. The molecule has 2 unspecified atom stereocenters. The number of hydrogen-bond donors (Lipinski definition) is 0. The number of fused-ring (bicyclic) bond motifs is 2. The van der Waals surface area contributed by atoms with E-state index >= 15 is 0 Å². The van der Waals surface area contributed by atoms with Gasteiger partial charge in [0.15, 0.2) is 0 Å². The molecule has 0 N–H and O–H groups in total. The highest BCUT2D eigenvalue weighted by Gasteiger charge is 2.81. The molecule has 128 valence electrons. The molecule has 2 aliphatic heterocycles. The van der Waals surface area contributed by atoms with E-state index in [0.717, 1.165) is 11.1 Å². The zero-order valence-electron chi connectivity index (χ0n) is 14.1. The number of methoxy groups -OCH3 is 1. The Labute approximate surface area is 150 Å². The highest BCUT2D eigenvalue weighted by molar-refractivity contribution is 6.09. The minimum Gasteiger partial charge on any atom is -0.497 e. The molecule has 2 aliphatic rings. The number of hydrogen-bond acceptors (Lipinski definition) is 4. The van der Waals surface area contributed by atoms with Crippen LogP contribution >= 0.6 is 0 Å². The molecule has 0 radical (unpaired) electrons. The molecule has 2 atom stereocenters. The molecular weight excluding hydrogens is 328 g/mol. The summed E-state index contributed by atoms with van der Waals surface area (Å²) in [5.41, 5.74) is 0.928. The maximum Gasteiger partial charge on any atom is 0.280 e. The summed E-state index contributed by atoms with van der Waals surface area (Å²) in [7, 11) is 1.58. The second-order valence-electron chi connectivity index (χ2n) is 6.43. The second-order valence-corrected chi connectivity index (χ2v) is 6.43. The van der Waals surface area contributed by atoms with Gasteiger partial charge in [-0.1, -0.05) is 60.7 Å². The Hall–Kier alpha value is -3.11. The summed E-state index contributed by atoms with van der Waals surface area (Å²) in [6.07, 6.45) is 0. The number of Topliss-reactive ketones (excluding diaryl/α,β-unsaturated/α-hetero) is 1. The summed E-state index contributed by atoms with van der Waals surface area (Å²) in [5, 5.41) is 0. The first kappa shape index (κ1) is 15.2. The van der Waals surface area contributed by atoms with E-state index in [2.05, 4.69) is 0 Å². The van der Waals surface area contributed by atoms with Crippen LogP contribution in [0.5, 0.6) is 11.5 Å². The Kier molecular flexibility index (Phi) is 3.03. The third-order valence-corrected chi connectivity index (χ3v) is 5.06. The molecule has 4 heteroatoms. The van der Waals surface area contributed by atoms with Gasteiger partial charge in [0.1, 0.15) is 11.5 Å². The van der Waals surface area contributed by atoms with Gasteiger partial charge >= 0.3 is 0 Å². The standard InChI is InChI=1S/C22H16O4/c1-24-17-12-13-18-19(14-17)25-22(16-10-6-3-7-11-16)21(26-22,20(18)23)15-8-4-2-5-9-15/h2-14H,1H3. The lowest BCUT2D eigenvalue weighted by atomic mass is 9.81. The quantitative estimate of drug-likeness (QED) is 0.673. The van der Waals surface area contributed by atoms with Crippen molar-refractivity contribution in [2.24, 2.45) is 0 Å². The average Bonchev–Trinajstić information content (AvgIpc) is 3.41. The molecule has 0 aliphatic carbocycles. The van der Waals surface area contributed by atoms with Crippen molar-refractivity contribution in [3.8, 4) is 11.5 Å². The van der Waals surface area contributed by atoms with Gasteiger partial charge in [0.25, 0.3) is 5.79 Å². The van der Waals surface area contributed by atoms with Crippen LogP contribution in [-0.2, 0) is 16.1 Å². The molecule has 1 fully saturated rings. The number of ether oxygens (including phenoxy) is 3. The maximum atomic E-state index is 13.5. The fraction of sp³-hybridized carbons (Fsp3) is 0.136. The van der Waals surface area contributed by atoms with Crippen molar-refractivity contribution in [1.82, 2.24) is 0 Å². The SMILES string of the molecule is COc1ccc2c(c1)OC1(c3ccccc3)OC1(c1ccccc1)C2=O. The Morgan fingerprint density at radius 2 is 1.50 bits per heavy atom. The molecule has 3 aromatic carbocycles. The average molecular weight is 344 g/mol. The lowest BCUT2D eigenvalue weighted by molar-refractivity contribution is 0.0555. The Bertz CT molecular complexity index is 999. The van der Waals surface area contributed by atoms with Gasteiger partial charge in [0.2, 0.25) is 11.4 Å². The second kappa shape index (κ2) is 5.19. The van der Waals surface area contributed by atoms with E-state index in [1.54, 1.807) is 25.3 Å². The molecule has 0 spiro atoms. The van der Waals surface area contributed by atoms with Crippen LogP contribution < -0.4 is 9.47 Å². The summed E-state index contributed by atoms with van der Waals surface area (Å²) < 4.78 is 17.8. The minimum atomic E-state index is -1.17. The van der Waals surface area contributed by atoms with Crippen molar-refractivity contribution < 1.29 is 19.0 Å². The predicted molar refractivity (Wildman–Crippen MR) is 95.3 cm³/mol. The fourth-order valence-corrected chi connectivity index (χ4v) is 3.76. The first-order chi connectivity index (χ1) is 12.7. The molecule has 26 heavy (non-hydrogen) atoms.